The van der Waals surface area contributed by atoms with E-state index < -0.39 is 12.1 Å². The highest BCUT2D eigenvalue weighted by Crippen LogP contribution is 2.29. The van der Waals surface area contributed by atoms with E-state index in [-0.39, 0.29) is 5.91 Å². The molecular weight excluding hydrogens is 342 g/mol. The fraction of sp³-hybridized carbons (Fsp3) is 0.182. The van der Waals surface area contributed by atoms with Gasteiger partial charge in [-0.05, 0) is 49.1 Å². The Bertz CT molecular complexity index is 997. The summed E-state index contributed by atoms with van der Waals surface area (Å²) in [7, 11) is 1.58. The maximum absolute atomic E-state index is 12.6. The number of carbonyl (C=O) groups is 2. The molecule has 0 heterocycles. The van der Waals surface area contributed by atoms with Gasteiger partial charge in [-0.15, -0.1) is 0 Å². The molecule has 27 heavy (non-hydrogen) atoms. The van der Waals surface area contributed by atoms with Crippen LogP contribution in [-0.2, 0) is 9.53 Å². The minimum Gasteiger partial charge on any atom is -0.496 e. The van der Waals surface area contributed by atoms with E-state index in [1.807, 2.05) is 49.4 Å². The van der Waals surface area contributed by atoms with Gasteiger partial charge in [-0.3, -0.25) is 4.79 Å². The van der Waals surface area contributed by atoms with Crippen LogP contribution in [0, 0.1) is 6.92 Å². The molecule has 0 spiro atoms. The SMILES string of the molecule is COc1ccc(C(=O)O[C@@H](C)C(=O)Nc2cccc(C)c2)c2ccccc12. The van der Waals surface area contributed by atoms with Crippen molar-refractivity contribution in [2.45, 2.75) is 20.0 Å². The van der Waals surface area contributed by atoms with Gasteiger partial charge in [0.1, 0.15) is 5.75 Å². The number of aryl methyl sites for hydroxylation is 1. The van der Waals surface area contributed by atoms with Gasteiger partial charge in [-0.1, -0.05) is 36.4 Å². The Hall–Kier alpha value is -3.34. The van der Waals surface area contributed by atoms with Crippen molar-refractivity contribution in [3.63, 3.8) is 0 Å². The first-order valence-electron chi connectivity index (χ1n) is 8.64. The zero-order chi connectivity index (χ0) is 19.4. The summed E-state index contributed by atoms with van der Waals surface area (Å²) in [6.45, 7) is 3.49. The lowest BCUT2D eigenvalue weighted by atomic mass is 10.0. The largest absolute Gasteiger partial charge is 0.496 e. The fourth-order valence-electron chi connectivity index (χ4n) is 2.87. The smallest absolute Gasteiger partial charge is 0.339 e. The third-order valence-electron chi connectivity index (χ3n) is 4.26. The van der Waals surface area contributed by atoms with Crippen molar-refractivity contribution in [2.75, 3.05) is 12.4 Å². The number of methoxy groups -OCH3 is 1. The second-order valence-corrected chi connectivity index (χ2v) is 6.27. The minimum absolute atomic E-state index is 0.383. The number of esters is 1. The van der Waals surface area contributed by atoms with Crippen LogP contribution in [0.1, 0.15) is 22.8 Å². The van der Waals surface area contributed by atoms with Gasteiger partial charge in [0.15, 0.2) is 6.10 Å². The second-order valence-electron chi connectivity index (χ2n) is 6.27. The maximum Gasteiger partial charge on any atom is 0.339 e. The molecule has 1 atom stereocenters. The number of hydrogen-bond donors (Lipinski definition) is 1. The summed E-state index contributed by atoms with van der Waals surface area (Å²) in [6.07, 6.45) is -0.932. The van der Waals surface area contributed by atoms with Crippen molar-refractivity contribution in [1.82, 2.24) is 0 Å². The van der Waals surface area contributed by atoms with Crippen molar-refractivity contribution in [1.29, 1.82) is 0 Å². The van der Waals surface area contributed by atoms with Gasteiger partial charge in [0.05, 0.1) is 12.7 Å². The van der Waals surface area contributed by atoms with Crippen LogP contribution in [0.4, 0.5) is 5.69 Å². The van der Waals surface area contributed by atoms with Crippen LogP contribution in [0.15, 0.2) is 60.7 Å². The molecule has 0 saturated heterocycles. The Morgan fingerprint density at radius 3 is 2.41 bits per heavy atom. The second kappa shape index (κ2) is 7.91. The summed E-state index contributed by atoms with van der Waals surface area (Å²) in [5, 5.41) is 4.29. The van der Waals surface area contributed by atoms with Crippen molar-refractivity contribution in [3.8, 4) is 5.75 Å². The number of fused-ring (bicyclic) bond motifs is 1. The number of hydrogen-bond acceptors (Lipinski definition) is 4. The van der Waals surface area contributed by atoms with Crippen molar-refractivity contribution in [2.24, 2.45) is 0 Å². The lowest BCUT2D eigenvalue weighted by Gasteiger charge is -2.15. The van der Waals surface area contributed by atoms with Gasteiger partial charge < -0.3 is 14.8 Å². The summed E-state index contributed by atoms with van der Waals surface area (Å²) >= 11 is 0. The molecule has 5 nitrogen and oxygen atoms in total. The average molecular weight is 363 g/mol. The van der Waals surface area contributed by atoms with Gasteiger partial charge in [-0.2, -0.15) is 0 Å². The van der Waals surface area contributed by atoms with Crippen LogP contribution in [0.3, 0.4) is 0 Å². The summed E-state index contributed by atoms with van der Waals surface area (Å²) in [5.74, 6) is -0.264. The van der Waals surface area contributed by atoms with E-state index >= 15 is 0 Å². The summed E-state index contributed by atoms with van der Waals surface area (Å²) in [4.78, 5) is 25.0. The van der Waals surface area contributed by atoms with Crippen molar-refractivity contribution in [3.05, 3.63) is 71.8 Å². The standard InChI is InChI=1S/C22H21NO4/c1-14-7-6-8-16(13-14)23-21(24)15(2)27-22(25)19-11-12-20(26-3)18-10-5-4-9-17(18)19/h4-13,15H,1-3H3,(H,23,24)/t15-/m0/s1. The number of rotatable bonds is 5. The Kier molecular flexibility index (Phi) is 5.41. The summed E-state index contributed by atoms with van der Waals surface area (Å²) in [5.41, 5.74) is 2.08. The number of carbonyl (C=O) groups excluding carboxylic acids is 2. The summed E-state index contributed by atoms with van der Waals surface area (Å²) < 4.78 is 10.7. The highest BCUT2D eigenvalue weighted by molar-refractivity contribution is 6.07. The Morgan fingerprint density at radius 1 is 0.963 bits per heavy atom. The molecule has 0 fully saturated rings. The molecule has 5 heteroatoms. The molecule has 0 aliphatic heterocycles. The molecule has 0 aliphatic carbocycles. The van der Waals surface area contributed by atoms with Gasteiger partial charge in [0.2, 0.25) is 0 Å². The molecule has 3 aromatic carbocycles. The van der Waals surface area contributed by atoms with E-state index in [4.69, 9.17) is 9.47 Å². The van der Waals surface area contributed by atoms with Gasteiger partial charge >= 0.3 is 5.97 Å². The van der Waals surface area contributed by atoms with Crippen LogP contribution in [0.2, 0.25) is 0 Å². The van der Waals surface area contributed by atoms with E-state index in [1.165, 1.54) is 0 Å². The highest BCUT2D eigenvalue weighted by atomic mass is 16.5. The molecule has 0 bridgehead atoms. The predicted molar refractivity (Wildman–Crippen MR) is 105 cm³/mol. The minimum atomic E-state index is -0.932. The molecule has 138 valence electrons. The van der Waals surface area contributed by atoms with Crippen LogP contribution >= 0.6 is 0 Å². The topological polar surface area (TPSA) is 64.6 Å². The highest BCUT2D eigenvalue weighted by Gasteiger charge is 2.21. The molecule has 0 unspecified atom stereocenters. The number of ether oxygens (including phenoxy) is 2. The van der Waals surface area contributed by atoms with Gasteiger partial charge in [0, 0.05) is 11.1 Å². The first-order valence-corrected chi connectivity index (χ1v) is 8.64. The van der Waals surface area contributed by atoms with E-state index in [1.54, 1.807) is 32.2 Å². The normalized spacial score (nSPS) is 11.7. The lowest BCUT2D eigenvalue weighted by molar-refractivity contribution is -0.123. The van der Waals surface area contributed by atoms with Gasteiger partial charge in [-0.25, -0.2) is 4.79 Å². The van der Waals surface area contributed by atoms with Crippen molar-refractivity contribution < 1.29 is 19.1 Å². The number of amides is 1. The first-order chi connectivity index (χ1) is 13.0. The van der Waals surface area contributed by atoms with Crippen LogP contribution in [0.25, 0.3) is 10.8 Å². The fourth-order valence-corrected chi connectivity index (χ4v) is 2.87. The zero-order valence-electron chi connectivity index (χ0n) is 15.5. The molecule has 3 rings (SSSR count). The number of nitrogens with one attached hydrogen (secondary N) is 1. The zero-order valence-corrected chi connectivity index (χ0v) is 15.5. The predicted octanol–water partition coefficient (Wildman–Crippen LogP) is 4.34. The quantitative estimate of drug-likeness (QED) is 0.685. The third kappa shape index (κ3) is 4.08. The van der Waals surface area contributed by atoms with Gasteiger partial charge in [0.25, 0.3) is 5.91 Å². The first kappa shape index (κ1) is 18.5. The Balaban J connectivity index is 1.77. The number of benzene rings is 3. The van der Waals surface area contributed by atoms with E-state index in [0.29, 0.717) is 22.4 Å². The average Bonchev–Trinajstić information content (AvgIpc) is 2.67. The molecule has 1 N–H and O–H groups in total. The number of anilines is 1. The molecule has 1 amide bonds. The summed E-state index contributed by atoms with van der Waals surface area (Å²) in [6, 6.07) is 18.2. The maximum atomic E-state index is 12.6. The van der Waals surface area contributed by atoms with Crippen LogP contribution in [-0.4, -0.2) is 25.1 Å². The molecule has 0 radical (unpaired) electrons. The Morgan fingerprint density at radius 2 is 1.70 bits per heavy atom. The van der Waals surface area contributed by atoms with Crippen LogP contribution in [0.5, 0.6) is 5.75 Å². The van der Waals surface area contributed by atoms with Crippen molar-refractivity contribution >= 4 is 28.3 Å². The molecular formula is C22H21NO4. The lowest BCUT2D eigenvalue weighted by Crippen LogP contribution is -2.30. The molecule has 3 aromatic rings. The molecule has 0 aliphatic rings. The van der Waals surface area contributed by atoms with Crippen LogP contribution < -0.4 is 10.1 Å². The molecule has 0 saturated carbocycles. The Labute approximate surface area is 157 Å². The van der Waals surface area contributed by atoms with E-state index in [2.05, 4.69) is 5.32 Å². The van der Waals surface area contributed by atoms with E-state index in [0.717, 1.165) is 10.9 Å². The molecule has 0 aromatic heterocycles. The monoisotopic (exact) mass is 363 g/mol. The third-order valence-corrected chi connectivity index (χ3v) is 4.26. The van der Waals surface area contributed by atoms with E-state index in [9.17, 15) is 9.59 Å².